The average Bonchev–Trinajstić information content (AvgIpc) is 3.32. The number of fused-ring (bicyclic) bond motifs is 1. The molecule has 4 nitrogen and oxygen atoms in total. The minimum Gasteiger partial charge on any atom is -0.376 e. The van der Waals surface area contributed by atoms with Gasteiger partial charge in [-0.3, -0.25) is 9.69 Å². The number of hydrogen-bond donors (Lipinski definition) is 0. The zero-order chi connectivity index (χ0) is 19.8. The molecule has 1 unspecified atom stereocenters. The van der Waals surface area contributed by atoms with Crippen molar-refractivity contribution in [3.05, 3.63) is 58.1 Å². The van der Waals surface area contributed by atoms with E-state index in [1.807, 2.05) is 30.9 Å². The van der Waals surface area contributed by atoms with Crippen molar-refractivity contribution < 1.29 is 9.53 Å². The van der Waals surface area contributed by atoms with Crippen molar-refractivity contribution in [3.63, 3.8) is 0 Å². The third-order valence-electron chi connectivity index (χ3n) is 5.43. The maximum atomic E-state index is 13.5. The summed E-state index contributed by atoms with van der Waals surface area (Å²) in [7, 11) is 0. The molecule has 2 aromatic carbocycles. The lowest BCUT2D eigenvalue weighted by molar-refractivity contribution is 0.0917. The highest BCUT2D eigenvalue weighted by Crippen LogP contribution is 2.34. The first-order valence-corrected chi connectivity index (χ1v) is 10.6. The van der Waals surface area contributed by atoms with E-state index in [9.17, 15) is 4.79 Å². The fourth-order valence-corrected chi connectivity index (χ4v) is 4.92. The fourth-order valence-electron chi connectivity index (χ4n) is 3.80. The van der Waals surface area contributed by atoms with Gasteiger partial charge < -0.3 is 4.74 Å². The van der Waals surface area contributed by atoms with Gasteiger partial charge >= 0.3 is 0 Å². The Hall–Kier alpha value is -2.24. The number of hydrogen-bond acceptors (Lipinski definition) is 4. The third kappa shape index (κ3) is 3.56. The Bertz CT molecular complexity index is 996. The molecule has 2 heterocycles. The lowest BCUT2D eigenvalue weighted by Gasteiger charge is -2.24. The Morgan fingerprint density at radius 3 is 2.61 bits per heavy atom. The normalized spacial score (nSPS) is 16.6. The van der Waals surface area contributed by atoms with E-state index in [2.05, 4.69) is 32.0 Å². The molecule has 1 fully saturated rings. The molecule has 0 radical (unpaired) electrons. The number of ether oxygens (including phenoxy) is 1. The van der Waals surface area contributed by atoms with Gasteiger partial charge in [0.15, 0.2) is 5.13 Å². The molecule has 5 heteroatoms. The Labute approximate surface area is 170 Å². The molecule has 1 aromatic heterocycles. The third-order valence-corrected chi connectivity index (χ3v) is 6.64. The van der Waals surface area contributed by atoms with E-state index >= 15 is 0 Å². The lowest BCUT2D eigenvalue weighted by atomic mass is 10.0. The molecular weight excluding hydrogens is 368 g/mol. The highest BCUT2D eigenvalue weighted by atomic mass is 32.1. The number of anilines is 1. The molecule has 146 valence electrons. The number of carbonyl (C=O) groups is 1. The second kappa shape index (κ2) is 7.64. The van der Waals surface area contributed by atoms with Gasteiger partial charge in [0, 0.05) is 12.2 Å². The number of nitrogens with zero attached hydrogens (tertiary/aromatic N) is 2. The van der Waals surface area contributed by atoms with E-state index in [4.69, 9.17) is 9.72 Å². The van der Waals surface area contributed by atoms with Crippen LogP contribution in [0.15, 0.2) is 30.3 Å². The summed E-state index contributed by atoms with van der Waals surface area (Å²) >= 11 is 1.60. The highest BCUT2D eigenvalue weighted by molar-refractivity contribution is 7.22. The summed E-state index contributed by atoms with van der Waals surface area (Å²) in [4.78, 5) is 20.3. The number of aromatic nitrogens is 1. The SMILES string of the molecule is Cc1ccc(C(=O)N(CC2CCCO2)c2nc3c(C)ccc(C)c3s2)c(C)c1. The van der Waals surface area contributed by atoms with E-state index in [-0.39, 0.29) is 12.0 Å². The van der Waals surface area contributed by atoms with Crippen LogP contribution in [-0.2, 0) is 4.74 Å². The van der Waals surface area contributed by atoms with Crippen molar-refractivity contribution in [1.82, 2.24) is 4.98 Å². The summed E-state index contributed by atoms with van der Waals surface area (Å²) < 4.78 is 7.00. The summed E-state index contributed by atoms with van der Waals surface area (Å²) in [5.74, 6) is 0.00219. The Morgan fingerprint density at radius 1 is 1.14 bits per heavy atom. The number of thiazole rings is 1. The molecule has 3 aromatic rings. The molecule has 1 aliphatic rings. The smallest absolute Gasteiger partial charge is 0.260 e. The molecule has 0 N–H and O–H groups in total. The second-order valence-electron chi connectivity index (χ2n) is 7.74. The molecule has 0 aliphatic carbocycles. The molecule has 1 saturated heterocycles. The zero-order valence-corrected chi connectivity index (χ0v) is 17.7. The largest absolute Gasteiger partial charge is 0.376 e. The van der Waals surface area contributed by atoms with Gasteiger partial charge in [-0.25, -0.2) is 4.98 Å². The lowest BCUT2D eigenvalue weighted by Crippen LogP contribution is -2.37. The molecule has 0 saturated carbocycles. The maximum absolute atomic E-state index is 13.5. The van der Waals surface area contributed by atoms with Crippen LogP contribution < -0.4 is 4.90 Å². The molecule has 1 atom stereocenters. The molecule has 4 rings (SSSR count). The van der Waals surface area contributed by atoms with Crippen LogP contribution in [0.2, 0.25) is 0 Å². The number of benzene rings is 2. The van der Waals surface area contributed by atoms with Gasteiger partial charge in [-0.2, -0.15) is 0 Å². The van der Waals surface area contributed by atoms with Crippen molar-refractivity contribution in [2.24, 2.45) is 0 Å². The van der Waals surface area contributed by atoms with E-state index < -0.39 is 0 Å². The summed E-state index contributed by atoms with van der Waals surface area (Å²) in [6, 6.07) is 10.2. The first-order valence-electron chi connectivity index (χ1n) is 9.81. The summed E-state index contributed by atoms with van der Waals surface area (Å²) in [6.07, 6.45) is 2.11. The van der Waals surface area contributed by atoms with Crippen molar-refractivity contribution in [1.29, 1.82) is 0 Å². The molecule has 0 spiro atoms. The Balaban J connectivity index is 1.78. The van der Waals surface area contributed by atoms with Crippen LogP contribution in [0, 0.1) is 27.7 Å². The predicted octanol–water partition coefficient (Wildman–Crippen LogP) is 5.36. The average molecular weight is 395 g/mol. The monoisotopic (exact) mass is 394 g/mol. The minimum absolute atomic E-state index is 0.00219. The zero-order valence-electron chi connectivity index (χ0n) is 16.9. The fraction of sp³-hybridized carbons (Fsp3) is 0.391. The van der Waals surface area contributed by atoms with Crippen LogP contribution in [0.4, 0.5) is 5.13 Å². The van der Waals surface area contributed by atoms with Crippen molar-refractivity contribution >= 4 is 32.6 Å². The standard InChI is InChI=1S/C23H26N2O2S/c1-14-7-10-19(17(4)12-14)22(26)25(13-18-6-5-11-27-18)23-24-20-15(2)8-9-16(3)21(20)28-23/h7-10,12,18H,5-6,11,13H2,1-4H3. The van der Waals surface area contributed by atoms with Gasteiger partial charge in [0.2, 0.25) is 0 Å². The van der Waals surface area contributed by atoms with Crippen molar-refractivity contribution in [2.75, 3.05) is 18.1 Å². The maximum Gasteiger partial charge on any atom is 0.260 e. The van der Waals surface area contributed by atoms with E-state index in [0.717, 1.165) is 57.1 Å². The van der Waals surface area contributed by atoms with Crippen LogP contribution >= 0.6 is 11.3 Å². The Morgan fingerprint density at radius 2 is 1.93 bits per heavy atom. The van der Waals surface area contributed by atoms with E-state index in [0.29, 0.717) is 6.54 Å². The van der Waals surface area contributed by atoms with E-state index in [1.165, 1.54) is 5.56 Å². The number of rotatable bonds is 4. The van der Waals surface area contributed by atoms with Crippen LogP contribution in [0.3, 0.4) is 0 Å². The first-order chi connectivity index (χ1) is 13.4. The predicted molar refractivity (Wildman–Crippen MR) is 116 cm³/mol. The van der Waals surface area contributed by atoms with E-state index in [1.54, 1.807) is 11.3 Å². The summed E-state index contributed by atoms with van der Waals surface area (Å²) in [6.45, 7) is 9.53. The minimum atomic E-state index is 0.00219. The molecule has 28 heavy (non-hydrogen) atoms. The molecular formula is C23H26N2O2S. The molecule has 1 amide bonds. The van der Waals surface area contributed by atoms with Gasteiger partial charge in [0.25, 0.3) is 5.91 Å². The quantitative estimate of drug-likeness (QED) is 0.598. The molecule has 0 bridgehead atoms. The van der Waals surface area contributed by atoms with Gasteiger partial charge in [-0.15, -0.1) is 0 Å². The van der Waals surface area contributed by atoms with Gasteiger partial charge in [0.05, 0.1) is 22.9 Å². The van der Waals surface area contributed by atoms with Gasteiger partial charge in [-0.05, 0) is 63.3 Å². The second-order valence-corrected chi connectivity index (χ2v) is 8.72. The van der Waals surface area contributed by atoms with Crippen molar-refractivity contribution in [2.45, 2.75) is 46.6 Å². The summed E-state index contributed by atoms with van der Waals surface area (Å²) in [5.41, 5.74) is 6.21. The van der Waals surface area contributed by atoms with Gasteiger partial charge in [-0.1, -0.05) is 41.2 Å². The molecule has 1 aliphatic heterocycles. The number of amides is 1. The van der Waals surface area contributed by atoms with Crippen LogP contribution in [0.1, 0.15) is 45.5 Å². The number of aryl methyl sites for hydroxylation is 4. The van der Waals surface area contributed by atoms with Gasteiger partial charge in [0.1, 0.15) is 0 Å². The number of carbonyl (C=O) groups excluding carboxylic acids is 1. The van der Waals surface area contributed by atoms with Crippen LogP contribution in [0.25, 0.3) is 10.2 Å². The topological polar surface area (TPSA) is 42.4 Å². The van der Waals surface area contributed by atoms with Crippen LogP contribution in [0.5, 0.6) is 0 Å². The van der Waals surface area contributed by atoms with Crippen LogP contribution in [-0.4, -0.2) is 30.1 Å². The van der Waals surface area contributed by atoms with Crippen molar-refractivity contribution in [3.8, 4) is 0 Å². The highest BCUT2D eigenvalue weighted by Gasteiger charge is 2.28. The Kier molecular flexibility index (Phi) is 5.21. The summed E-state index contributed by atoms with van der Waals surface area (Å²) in [5, 5.41) is 0.757. The first kappa shape index (κ1) is 19.1.